The standard InChI is InChI=1S/C48H38O/c1-3-5-14-29-16-10-12-20-33(29)37-26-39-40-28-42(31-18-8-7-9-19-31)49-48(40)41-27-38(34-21-13-11-17-30(34)15-6-4-2)36-25-23-32-22-24-35(37)44-43(32)45(36)47(41)46(39)44/h7-13,16-28H,3-6,14-15H2,1-2H3. The summed E-state index contributed by atoms with van der Waals surface area (Å²) in [6.07, 6.45) is 6.91. The molecule has 1 heterocycles. The summed E-state index contributed by atoms with van der Waals surface area (Å²) in [7, 11) is 0. The molecule has 10 rings (SSSR count). The number of benzene rings is 8. The molecule has 0 unspecified atom stereocenters. The topological polar surface area (TPSA) is 13.1 Å². The van der Waals surface area contributed by atoms with E-state index in [9.17, 15) is 0 Å². The molecular weight excluding hydrogens is 593 g/mol. The van der Waals surface area contributed by atoms with Gasteiger partial charge in [0.25, 0.3) is 0 Å². The molecule has 0 amide bonds. The highest BCUT2D eigenvalue weighted by Crippen LogP contribution is 2.55. The second kappa shape index (κ2) is 11.1. The zero-order valence-electron chi connectivity index (χ0n) is 28.2. The average molecular weight is 631 g/mol. The third-order valence-corrected chi connectivity index (χ3v) is 11.2. The van der Waals surface area contributed by atoms with Gasteiger partial charge >= 0.3 is 0 Å². The van der Waals surface area contributed by atoms with E-state index in [1.165, 1.54) is 118 Å². The summed E-state index contributed by atoms with van der Waals surface area (Å²) in [4.78, 5) is 0. The maximum Gasteiger partial charge on any atom is 0.143 e. The summed E-state index contributed by atoms with van der Waals surface area (Å²) >= 11 is 0. The van der Waals surface area contributed by atoms with E-state index in [1.807, 2.05) is 0 Å². The fraction of sp³-hybridized carbons (Fsp3) is 0.167. The number of unbranched alkanes of at least 4 members (excludes halogenated alkanes) is 2. The van der Waals surface area contributed by atoms with Crippen molar-refractivity contribution in [3.05, 3.63) is 132 Å². The van der Waals surface area contributed by atoms with Crippen LogP contribution in [0.5, 0.6) is 0 Å². The molecule has 9 aromatic carbocycles. The van der Waals surface area contributed by atoms with Gasteiger partial charge in [0.05, 0.1) is 0 Å². The van der Waals surface area contributed by atoms with Gasteiger partial charge in [-0.05, 0) is 120 Å². The number of furan rings is 1. The van der Waals surface area contributed by atoms with Crippen LogP contribution in [0.15, 0.2) is 126 Å². The highest BCUT2D eigenvalue weighted by Gasteiger charge is 2.28. The lowest BCUT2D eigenvalue weighted by atomic mass is 9.87. The minimum Gasteiger partial charge on any atom is -0.455 e. The molecule has 0 atom stereocenters. The first kappa shape index (κ1) is 28.6. The van der Waals surface area contributed by atoms with E-state index in [2.05, 4.69) is 135 Å². The van der Waals surface area contributed by atoms with Crippen LogP contribution < -0.4 is 0 Å². The Hall–Kier alpha value is -5.40. The van der Waals surface area contributed by atoms with Crippen molar-refractivity contribution in [2.45, 2.75) is 52.4 Å². The van der Waals surface area contributed by atoms with Crippen molar-refractivity contribution in [2.24, 2.45) is 0 Å². The summed E-state index contributed by atoms with van der Waals surface area (Å²) in [5.41, 5.74) is 10.3. The smallest absolute Gasteiger partial charge is 0.143 e. The van der Waals surface area contributed by atoms with Crippen LogP contribution in [0.1, 0.15) is 50.7 Å². The SMILES string of the molecule is CCCCc1ccccc1-c1cc2c3cc(-c4ccccc4)oc3c3cc(-c4ccccc4CCCC)c4ccc5ccc1c1c5c4c3c21. The monoisotopic (exact) mass is 630 g/mol. The Balaban J connectivity index is 1.40. The predicted octanol–water partition coefficient (Wildman–Crippen LogP) is 14.2. The summed E-state index contributed by atoms with van der Waals surface area (Å²) in [5.74, 6) is 0.923. The maximum atomic E-state index is 7.01. The number of hydrogen-bond donors (Lipinski definition) is 0. The van der Waals surface area contributed by atoms with Crippen molar-refractivity contribution in [1.82, 2.24) is 0 Å². The first-order valence-electron chi connectivity index (χ1n) is 18.1. The summed E-state index contributed by atoms with van der Waals surface area (Å²) in [6, 6.07) is 45.5. The molecule has 0 spiro atoms. The Bertz CT molecular complexity index is 2610. The van der Waals surface area contributed by atoms with E-state index in [0.717, 1.165) is 29.7 Å². The minimum absolute atomic E-state index is 0.923. The van der Waals surface area contributed by atoms with E-state index < -0.39 is 0 Å². The van der Waals surface area contributed by atoms with Crippen LogP contribution in [0.4, 0.5) is 0 Å². The Morgan fingerprint density at radius 2 is 0.959 bits per heavy atom. The molecule has 236 valence electrons. The molecule has 0 aliphatic rings. The number of aryl methyl sites for hydroxylation is 2. The maximum absolute atomic E-state index is 7.01. The quantitative estimate of drug-likeness (QED) is 0.145. The van der Waals surface area contributed by atoms with Crippen LogP contribution in [0.2, 0.25) is 0 Å². The highest BCUT2D eigenvalue weighted by atomic mass is 16.3. The molecule has 1 nitrogen and oxygen atoms in total. The molecule has 1 heteroatoms. The van der Waals surface area contributed by atoms with Crippen LogP contribution in [0.3, 0.4) is 0 Å². The van der Waals surface area contributed by atoms with E-state index in [1.54, 1.807) is 0 Å². The first-order chi connectivity index (χ1) is 24.2. The second-order valence-corrected chi connectivity index (χ2v) is 14.0. The number of rotatable bonds is 9. The van der Waals surface area contributed by atoms with Gasteiger partial charge in [-0.3, -0.25) is 0 Å². The third kappa shape index (κ3) is 4.12. The molecule has 0 aliphatic carbocycles. The molecule has 10 aromatic rings. The van der Waals surface area contributed by atoms with Crippen molar-refractivity contribution in [3.8, 4) is 33.6 Å². The predicted molar refractivity (Wildman–Crippen MR) is 211 cm³/mol. The minimum atomic E-state index is 0.923. The Morgan fingerprint density at radius 3 is 1.57 bits per heavy atom. The average Bonchev–Trinajstić information content (AvgIpc) is 3.77. The first-order valence-corrected chi connectivity index (χ1v) is 18.1. The van der Waals surface area contributed by atoms with Crippen molar-refractivity contribution < 1.29 is 4.42 Å². The fourth-order valence-electron chi connectivity index (χ4n) is 8.87. The van der Waals surface area contributed by atoms with Crippen molar-refractivity contribution in [1.29, 1.82) is 0 Å². The molecule has 0 saturated carbocycles. The number of hydrogen-bond acceptors (Lipinski definition) is 1. The summed E-state index contributed by atoms with van der Waals surface area (Å²) in [6.45, 7) is 4.57. The molecule has 1 aromatic heterocycles. The molecule has 0 radical (unpaired) electrons. The Morgan fingerprint density at radius 1 is 0.429 bits per heavy atom. The van der Waals surface area contributed by atoms with Gasteiger partial charge in [-0.2, -0.15) is 0 Å². The van der Waals surface area contributed by atoms with Gasteiger partial charge in [0.15, 0.2) is 0 Å². The van der Waals surface area contributed by atoms with Crippen molar-refractivity contribution >= 4 is 64.8 Å². The van der Waals surface area contributed by atoms with E-state index >= 15 is 0 Å². The fourth-order valence-corrected chi connectivity index (χ4v) is 8.87. The van der Waals surface area contributed by atoms with E-state index in [0.29, 0.717) is 0 Å². The van der Waals surface area contributed by atoms with Gasteiger partial charge in [0.2, 0.25) is 0 Å². The van der Waals surface area contributed by atoms with Gasteiger partial charge < -0.3 is 4.42 Å². The zero-order valence-corrected chi connectivity index (χ0v) is 28.2. The Labute approximate surface area is 286 Å². The Kier molecular flexibility index (Phi) is 6.46. The van der Waals surface area contributed by atoms with E-state index in [4.69, 9.17) is 4.42 Å². The van der Waals surface area contributed by atoms with E-state index in [-0.39, 0.29) is 0 Å². The van der Waals surface area contributed by atoms with Crippen LogP contribution in [-0.2, 0) is 12.8 Å². The molecule has 0 fully saturated rings. The van der Waals surface area contributed by atoms with Crippen LogP contribution in [0, 0.1) is 0 Å². The van der Waals surface area contributed by atoms with Crippen LogP contribution >= 0.6 is 0 Å². The molecule has 0 N–H and O–H groups in total. The molecule has 0 bridgehead atoms. The lowest BCUT2D eigenvalue weighted by molar-refractivity contribution is 0.635. The normalized spacial score (nSPS) is 12.4. The highest BCUT2D eigenvalue weighted by molar-refractivity contribution is 6.49. The summed E-state index contributed by atoms with van der Waals surface area (Å²) in [5, 5.41) is 14.6. The van der Waals surface area contributed by atoms with Gasteiger partial charge in [-0.15, -0.1) is 0 Å². The molecule has 0 saturated heterocycles. The van der Waals surface area contributed by atoms with Gasteiger partial charge in [-0.1, -0.05) is 130 Å². The number of fused-ring (bicyclic) bond motifs is 3. The lowest BCUT2D eigenvalue weighted by Crippen LogP contribution is -1.92. The third-order valence-electron chi connectivity index (χ3n) is 11.2. The lowest BCUT2D eigenvalue weighted by Gasteiger charge is -2.15. The van der Waals surface area contributed by atoms with Crippen LogP contribution in [-0.4, -0.2) is 0 Å². The second-order valence-electron chi connectivity index (χ2n) is 14.0. The zero-order chi connectivity index (χ0) is 32.6. The van der Waals surface area contributed by atoms with Crippen molar-refractivity contribution in [3.63, 3.8) is 0 Å². The van der Waals surface area contributed by atoms with Crippen LogP contribution in [0.25, 0.3) is 98.4 Å². The van der Waals surface area contributed by atoms with Gasteiger partial charge in [-0.25, -0.2) is 0 Å². The van der Waals surface area contributed by atoms with Gasteiger partial charge in [0, 0.05) is 21.7 Å². The molecular formula is C48H38O. The molecule has 0 aliphatic heterocycles. The summed E-state index contributed by atoms with van der Waals surface area (Å²) < 4.78 is 7.01. The largest absolute Gasteiger partial charge is 0.455 e. The van der Waals surface area contributed by atoms with Gasteiger partial charge in [0.1, 0.15) is 11.3 Å². The molecule has 49 heavy (non-hydrogen) atoms. The van der Waals surface area contributed by atoms with Crippen molar-refractivity contribution in [2.75, 3.05) is 0 Å².